The minimum atomic E-state index is -3.29. The molecule has 0 aliphatic carbocycles. The van der Waals surface area contributed by atoms with Crippen molar-refractivity contribution in [1.29, 1.82) is 0 Å². The number of carbonyl (C=O) groups is 1. The summed E-state index contributed by atoms with van der Waals surface area (Å²) in [6.07, 6.45) is 1.14. The van der Waals surface area contributed by atoms with Crippen LogP contribution >= 0.6 is 0 Å². The van der Waals surface area contributed by atoms with Gasteiger partial charge in [0.15, 0.2) is 9.84 Å². The van der Waals surface area contributed by atoms with E-state index in [0.29, 0.717) is 31.9 Å². The molecule has 0 spiro atoms. The van der Waals surface area contributed by atoms with E-state index in [9.17, 15) is 22.0 Å². The first kappa shape index (κ1) is 25.0. The lowest BCUT2D eigenvalue weighted by molar-refractivity contribution is -0.117. The number of hydrogen-bond donors (Lipinski definition) is 1. The molecular weight excluding hydrogens is 472 g/mol. The zero-order valence-electron chi connectivity index (χ0n) is 19.3. The molecule has 0 saturated carbocycles. The second-order valence-electron chi connectivity index (χ2n) is 8.66. The Balaban J connectivity index is 1.38. The Labute approximate surface area is 204 Å². The number of rotatable bonds is 7. The molecule has 3 aromatic rings. The molecule has 0 bridgehead atoms. The highest BCUT2D eigenvalue weighted by Crippen LogP contribution is 2.30. The molecular formula is C26H27F2N3O3S. The van der Waals surface area contributed by atoms with Crippen molar-refractivity contribution in [3.63, 3.8) is 0 Å². The minimum absolute atomic E-state index is 0.152. The average molecular weight is 500 g/mol. The third kappa shape index (κ3) is 6.50. The number of nitrogens with zero attached hydrogens (tertiary/aromatic N) is 2. The average Bonchev–Trinajstić information content (AvgIpc) is 2.82. The Kier molecular flexibility index (Phi) is 7.59. The van der Waals surface area contributed by atoms with Gasteiger partial charge in [-0.3, -0.25) is 14.6 Å². The molecule has 184 valence electrons. The lowest BCUT2D eigenvalue weighted by Crippen LogP contribution is -2.49. The lowest BCUT2D eigenvalue weighted by atomic mass is 9.96. The van der Waals surface area contributed by atoms with Gasteiger partial charge in [0.1, 0.15) is 11.6 Å². The number of halogens is 2. The van der Waals surface area contributed by atoms with Gasteiger partial charge < -0.3 is 5.32 Å². The Bertz CT molecular complexity index is 1210. The van der Waals surface area contributed by atoms with Gasteiger partial charge in [0.25, 0.3) is 0 Å². The fourth-order valence-corrected chi connectivity index (χ4v) is 4.90. The van der Waals surface area contributed by atoms with Crippen molar-refractivity contribution in [3.05, 3.63) is 95.6 Å². The van der Waals surface area contributed by atoms with Crippen molar-refractivity contribution in [3.8, 4) is 0 Å². The number of benzene rings is 3. The van der Waals surface area contributed by atoms with Gasteiger partial charge in [-0.05, 0) is 59.7 Å². The minimum Gasteiger partial charge on any atom is -0.325 e. The van der Waals surface area contributed by atoms with Gasteiger partial charge in [-0.2, -0.15) is 0 Å². The predicted molar refractivity (Wildman–Crippen MR) is 131 cm³/mol. The van der Waals surface area contributed by atoms with Crippen LogP contribution in [0, 0.1) is 11.6 Å². The molecule has 1 aliphatic rings. The summed E-state index contributed by atoms with van der Waals surface area (Å²) in [6, 6.07) is 18.6. The second-order valence-corrected chi connectivity index (χ2v) is 10.7. The first-order valence-electron chi connectivity index (χ1n) is 11.3. The van der Waals surface area contributed by atoms with Gasteiger partial charge in [0.2, 0.25) is 5.91 Å². The zero-order chi connectivity index (χ0) is 25.0. The van der Waals surface area contributed by atoms with Crippen LogP contribution in [0.5, 0.6) is 0 Å². The topological polar surface area (TPSA) is 69.7 Å². The molecule has 1 fully saturated rings. The van der Waals surface area contributed by atoms with Crippen molar-refractivity contribution >= 4 is 21.4 Å². The SMILES string of the molecule is CS(=O)(=O)c1ccc(NC(=O)CN2CCN(C(c3ccc(F)cc3)c3ccc(F)cc3)CC2)cc1. The van der Waals surface area contributed by atoms with Crippen LogP contribution in [0.15, 0.2) is 77.7 Å². The van der Waals surface area contributed by atoms with Gasteiger partial charge in [-0.15, -0.1) is 0 Å². The summed E-state index contributed by atoms with van der Waals surface area (Å²) in [7, 11) is -3.29. The predicted octanol–water partition coefficient (Wildman–Crippen LogP) is 3.71. The van der Waals surface area contributed by atoms with Gasteiger partial charge in [-0.25, -0.2) is 17.2 Å². The van der Waals surface area contributed by atoms with Crippen molar-refractivity contribution < 1.29 is 22.0 Å². The normalized spacial score (nSPS) is 15.3. The number of hydrogen-bond acceptors (Lipinski definition) is 5. The molecule has 4 rings (SSSR count). The first-order valence-corrected chi connectivity index (χ1v) is 13.2. The maximum absolute atomic E-state index is 13.5. The van der Waals surface area contributed by atoms with Crippen LogP contribution < -0.4 is 5.32 Å². The standard InChI is InChI=1S/C26H27F2N3O3S/c1-35(33,34)24-12-10-23(11-13-24)29-25(32)18-30-14-16-31(17-15-30)26(19-2-6-21(27)7-3-19)20-4-8-22(28)9-5-20/h2-13,26H,14-18H2,1H3,(H,29,32). The molecule has 0 atom stereocenters. The second kappa shape index (κ2) is 10.6. The monoisotopic (exact) mass is 499 g/mol. The third-order valence-corrected chi connectivity index (χ3v) is 7.21. The highest BCUT2D eigenvalue weighted by molar-refractivity contribution is 7.90. The largest absolute Gasteiger partial charge is 0.325 e. The van der Waals surface area contributed by atoms with E-state index in [4.69, 9.17) is 0 Å². The molecule has 1 saturated heterocycles. The van der Waals surface area contributed by atoms with Crippen LogP contribution in [0.25, 0.3) is 0 Å². The van der Waals surface area contributed by atoms with Crippen molar-refractivity contribution in [1.82, 2.24) is 9.80 Å². The first-order chi connectivity index (χ1) is 16.7. The van der Waals surface area contributed by atoms with E-state index in [1.807, 2.05) is 4.90 Å². The van der Waals surface area contributed by atoms with Crippen LogP contribution in [0.4, 0.5) is 14.5 Å². The van der Waals surface area contributed by atoms with E-state index in [1.165, 1.54) is 36.4 Å². The maximum atomic E-state index is 13.5. The van der Waals surface area contributed by atoms with Gasteiger partial charge in [0, 0.05) is 38.1 Å². The Morgan fingerprint density at radius 1 is 0.829 bits per heavy atom. The Hall–Kier alpha value is -3.14. The molecule has 3 aromatic carbocycles. The number of nitrogens with one attached hydrogen (secondary N) is 1. The molecule has 9 heteroatoms. The van der Waals surface area contributed by atoms with Crippen molar-refractivity contribution in [2.45, 2.75) is 10.9 Å². The number of carbonyl (C=O) groups excluding carboxylic acids is 1. The summed E-state index contributed by atoms with van der Waals surface area (Å²) in [5, 5.41) is 2.80. The number of amides is 1. The highest BCUT2D eigenvalue weighted by atomic mass is 32.2. The number of piperazine rings is 1. The Morgan fingerprint density at radius 3 is 1.77 bits per heavy atom. The summed E-state index contributed by atoms with van der Waals surface area (Å²) >= 11 is 0. The lowest BCUT2D eigenvalue weighted by Gasteiger charge is -2.39. The molecule has 1 N–H and O–H groups in total. The molecule has 35 heavy (non-hydrogen) atoms. The van der Waals surface area contributed by atoms with Crippen LogP contribution in [-0.4, -0.2) is 63.1 Å². The van der Waals surface area contributed by atoms with Crippen LogP contribution in [0.2, 0.25) is 0 Å². The fourth-order valence-electron chi connectivity index (χ4n) is 4.27. The van der Waals surface area contributed by atoms with Gasteiger partial charge >= 0.3 is 0 Å². The number of sulfone groups is 1. The summed E-state index contributed by atoms with van der Waals surface area (Å²) in [4.78, 5) is 17.0. The molecule has 6 nitrogen and oxygen atoms in total. The summed E-state index contributed by atoms with van der Waals surface area (Å²) in [5.41, 5.74) is 2.37. The molecule has 1 aliphatic heterocycles. The fraction of sp³-hybridized carbons (Fsp3) is 0.269. The van der Waals surface area contributed by atoms with E-state index in [2.05, 4.69) is 10.2 Å². The maximum Gasteiger partial charge on any atom is 0.238 e. The molecule has 0 unspecified atom stereocenters. The van der Waals surface area contributed by atoms with Crippen molar-refractivity contribution in [2.75, 3.05) is 44.3 Å². The van der Waals surface area contributed by atoms with Gasteiger partial charge in [0.05, 0.1) is 17.5 Å². The Morgan fingerprint density at radius 2 is 1.31 bits per heavy atom. The van der Waals surface area contributed by atoms with E-state index in [0.717, 1.165) is 17.4 Å². The molecule has 1 amide bonds. The summed E-state index contributed by atoms with van der Waals surface area (Å²) < 4.78 is 50.2. The van der Waals surface area contributed by atoms with E-state index < -0.39 is 9.84 Å². The van der Waals surface area contributed by atoms with Crippen LogP contribution in [-0.2, 0) is 14.6 Å². The summed E-state index contributed by atoms with van der Waals surface area (Å²) in [6.45, 7) is 2.86. The van der Waals surface area contributed by atoms with Gasteiger partial charge in [-0.1, -0.05) is 24.3 Å². The quantitative estimate of drug-likeness (QED) is 0.537. The van der Waals surface area contributed by atoms with E-state index >= 15 is 0 Å². The summed E-state index contributed by atoms with van der Waals surface area (Å²) in [5.74, 6) is -0.805. The van der Waals surface area contributed by atoms with Crippen LogP contribution in [0.3, 0.4) is 0 Å². The smallest absolute Gasteiger partial charge is 0.238 e. The number of anilines is 1. The van der Waals surface area contributed by atoms with E-state index in [1.54, 1.807) is 36.4 Å². The van der Waals surface area contributed by atoms with Crippen molar-refractivity contribution in [2.24, 2.45) is 0 Å². The molecule has 1 heterocycles. The molecule has 0 aromatic heterocycles. The molecule has 0 radical (unpaired) electrons. The third-order valence-electron chi connectivity index (χ3n) is 6.08. The highest BCUT2D eigenvalue weighted by Gasteiger charge is 2.27. The van der Waals surface area contributed by atoms with Crippen LogP contribution in [0.1, 0.15) is 17.2 Å². The van der Waals surface area contributed by atoms with E-state index in [-0.39, 0.29) is 35.0 Å². The zero-order valence-corrected chi connectivity index (χ0v) is 20.1.